The maximum atomic E-state index is 13.3. The monoisotopic (exact) mass is 543 g/mol. The largest absolute Gasteiger partial charge is 0.417 e. The number of aromatic nitrogens is 1. The maximum Gasteiger partial charge on any atom is 0.417 e. The number of rotatable bonds is 5. The number of carbonyl (C=O) groups excluding carboxylic acids is 1. The van der Waals surface area contributed by atoms with Crippen LogP contribution in [0.3, 0.4) is 0 Å². The van der Waals surface area contributed by atoms with Crippen molar-refractivity contribution in [3.8, 4) is 0 Å². The van der Waals surface area contributed by atoms with Crippen molar-refractivity contribution in [1.82, 2.24) is 9.88 Å². The van der Waals surface area contributed by atoms with E-state index in [0.29, 0.717) is 11.6 Å². The molecule has 12 heteroatoms. The average Bonchev–Trinajstić information content (AvgIpc) is 3.15. The number of sulfonamides is 1. The van der Waals surface area contributed by atoms with E-state index in [4.69, 9.17) is 23.2 Å². The number of hydrogen-bond donors (Lipinski definition) is 1. The number of hydrogen-bond acceptors (Lipinski definition) is 4. The van der Waals surface area contributed by atoms with Crippen molar-refractivity contribution in [1.29, 1.82) is 0 Å². The third-order valence-corrected chi connectivity index (χ3v) is 7.89. The summed E-state index contributed by atoms with van der Waals surface area (Å²) in [7, 11) is -4.46. The highest BCUT2D eigenvalue weighted by molar-refractivity contribution is 7.92. The Hall–Kier alpha value is -2.82. The van der Waals surface area contributed by atoms with Gasteiger partial charge in [-0.2, -0.15) is 13.2 Å². The van der Waals surface area contributed by atoms with Crippen molar-refractivity contribution in [3.05, 3.63) is 87.2 Å². The number of halogens is 5. The molecular weight excluding hydrogens is 526 g/mol. The molecule has 3 aromatic rings. The highest BCUT2D eigenvalue weighted by Crippen LogP contribution is 2.42. The first-order chi connectivity index (χ1) is 16.2. The number of fused-ring (bicyclic) bond motifs is 1. The minimum Gasteiger partial charge on any atom is -0.325 e. The lowest BCUT2D eigenvalue weighted by molar-refractivity contribution is -0.137. The molecule has 35 heavy (non-hydrogen) atoms. The van der Waals surface area contributed by atoms with E-state index in [1.807, 2.05) is 19.9 Å². The minimum atomic E-state index is -4.84. The highest BCUT2D eigenvalue weighted by Gasteiger charge is 2.41. The number of nitrogens with one attached hydrogen (secondary N) is 1. The van der Waals surface area contributed by atoms with Crippen LogP contribution in [0, 0.1) is 0 Å². The van der Waals surface area contributed by atoms with Crippen LogP contribution in [-0.4, -0.2) is 24.2 Å². The summed E-state index contributed by atoms with van der Waals surface area (Å²) in [6.07, 6.45) is -1.61. The summed E-state index contributed by atoms with van der Waals surface area (Å²) in [6.45, 7) is 3.65. The summed E-state index contributed by atoms with van der Waals surface area (Å²) in [5.74, 6) is -0.411. The zero-order valence-corrected chi connectivity index (χ0v) is 20.6. The third-order valence-electron chi connectivity index (χ3n) is 5.88. The molecule has 184 valence electrons. The van der Waals surface area contributed by atoms with Gasteiger partial charge in [0, 0.05) is 24.5 Å². The van der Waals surface area contributed by atoms with Gasteiger partial charge < -0.3 is 4.90 Å². The Morgan fingerprint density at radius 1 is 1.06 bits per heavy atom. The van der Waals surface area contributed by atoms with Crippen LogP contribution >= 0.6 is 23.2 Å². The van der Waals surface area contributed by atoms with Crippen LogP contribution in [0.5, 0.6) is 0 Å². The Kier molecular flexibility index (Phi) is 6.27. The molecule has 0 spiro atoms. The molecule has 0 saturated carbocycles. The number of pyridine rings is 1. The number of benzene rings is 2. The SMILES string of the molecule is CC(C)(c1cccnc1)N1Cc2c(NS(=O)(=O)c3ccc(Cl)c(C(F)(F)F)c3)ccc(Cl)c2C1=O. The van der Waals surface area contributed by atoms with Gasteiger partial charge in [0.05, 0.1) is 37.3 Å². The van der Waals surface area contributed by atoms with Crippen LogP contribution in [0.1, 0.15) is 40.9 Å². The van der Waals surface area contributed by atoms with E-state index >= 15 is 0 Å². The standard InChI is InChI=1S/C23H18Cl2F3N3O3S/c1-22(2,13-4-3-9-29-11-13)31-12-15-19(8-7-18(25)20(15)21(31)32)30-35(33,34)14-5-6-17(24)16(10-14)23(26,27)28/h3-11,30H,12H2,1-2H3. The van der Waals surface area contributed by atoms with Crippen LogP contribution in [0.15, 0.2) is 59.8 Å². The van der Waals surface area contributed by atoms with Gasteiger partial charge in [0.25, 0.3) is 15.9 Å². The Morgan fingerprint density at radius 2 is 1.74 bits per heavy atom. The predicted molar refractivity (Wildman–Crippen MR) is 126 cm³/mol. The molecule has 2 aromatic carbocycles. The van der Waals surface area contributed by atoms with Crippen molar-refractivity contribution >= 4 is 44.8 Å². The molecule has 0 unspecified atom stereocenters. The molecule has 1 aromatic heterocycles. The summed E-state index contributed by atoms with van der Waals surface area (Å²) in [5, 5.41) is -0.494. The summed E-state index contributed by atoms with van der Waals surface area (Å²) in [6, 6.07) is 8.58. The highest BCUT2D eigenvalue weighted by atomic mass is 35.5. The fourth-order valence-electron chi connectivity index (χ4n) is 3.90. The molecule has 0 bridgehead atoms. The topological polar surface area (TPSA) is 79.4 Å². The number of amides is 1. The number of anilines is 1. The quantitative estimate of drug-likeness (QED) is 0.421. The molecule has 1 aliphatic rings. The van der Waals surface area contributed by atoms with Gasteiger partial charge in [-0.1, -0.05) is 29.3 Å². The second-order valence-electron chi connectivity index (χ2n) is 8.39. The lowest BCUT2D eigenvalue weighted by Crippen LogP contribution is -2.41. The van der Waals surface area contributed by atoms with Crippen molar-refractivity contribution in [2.45, 2.75) is 37.0 Å². The second kappa shape index (κ2) is 8.69. The fourth-order valence-corrected chi connectivity index (χ4v) is 5.50. The first-order valence-electron chi connectivity index (χ1n) is 10.2. The molecule has 1 amide bonds. The van der Waals surface area contributed by atoms with Crippen molar-refractivity contribution in [2.24, 2.45) is 0 Å². The first kappa shape index (κ1) is 25.3. The van der Waals surface area contributed by atoms with Crippen LogP contribution in [0.25, 0.3) is 0 Å². The van der Waals surface area contributed by atoms with Crippen molar-refractivity contribution in [2.75, 3.05) is 4.72 Å². The van der Waals surface area contributed by atoms with E-state index in [1.54, 1.807) is 18.5 Å². The minimum absolute atomic E-state index is 0.0168. The summed E-state index contributed by atoms with van der Waals surface area (Å²) >= 11 is 11.9. The van der Waals surface area contributed by atoms with E-state index in [-0.39, 0.29) is 22.8 Å². The molecule has 1 aliphatic heterocycles. The van der Waals surface area contributed by atoms with Gasteiger partial charge in [-0.25, -0.2) is 8.42 Å². The Morgan fingerprint density at radius 3 is 2.37 bits per heavy atom. The van der Waals surface area contributed by atoms with E-state index < -0.39 is 43.1 Å². The zero-order chi connectivity index (χ0) is 25.8. The Labute approximate surface area is 209 Å². The van der Waals surface area contributed by atoms with Gasteiger partial charge in [0.1, 0.15) is 0 Å². The molecule has 0 aliphatic carbocycles. The first-order valence-corrected chi connectivity index (χ1v) is 12.4. The fraction of sp³-hybridized carbons (Fsp3) is 0.217. The molecule has 0 saturated heterocycles. The van der Waals surface area contributed by atoms with Gasteiger partial charge in [-0.3, -0.25) is 14.5 Å². The van der Waals surface area contributed by atoms with Crippen LogP contribution < -0.4 is 4.72 Å². The summed E-state index contributed by atoms with van der Waals surface area (Å²) in [4.78, 5) is 18.3. The Balaban J connectivity index is 1.73. The molecule has 0 atom stereocenters. The molecule has 0 fully saturated rings. The van der Waals surface area contributed by atoms with Crippen LogP contribution in [0.2, 0.25) is 10.0 Å². The second-order valence-corrected chi connectivity index (χ2v) is 10.9. The van der Waals surface area contributed by atoms with E-state index in [0.717, 1.165) is 17.7 Å². The van der Waals surface area contributed by atoms with E-state index in [2.05, 4.69) is 9.71 Å². The molecule has 6 nitrogen and oxygen atoms in total. The van der Waals surface area contributed by atoms with Gasteiger partial charge >= 0.3 is 6.18 Å². The molecule has 2 heterocycles. The summed E-state index contributed by atoms with van der Waals surface area (Å²) < 4.78 is 68.0. The molecule has 0 radical (unpaired) electrons. The lowest BCUT2D eigenvalue weighted by Gasteiger charge is -2.35. The maximum absolute atomic E-state index is 13.3. The third kappa shape index (κ3) is 4.57. The van der Waals surface area contributed by atoms with Gasteiger partial charge in [0.15, 0.2) is 0 Å². The average molecular weight is 544 g/mol. The van der Waals surface area contributed by atoms with Crippen LogP contribution in [-0.2, 0) is 28.3 Å². The normalized spacial score (nSPS) is 14.3. The molecule has 4 rings (SSSR count). The molecule has 1 N–H and O–H groups in total. The van der Waals surface area contributed by atoms with Gasteiger partial charge in [-0.05, 0) is 55.8 Å². The smallest absolute Gasteiger partial charge is 0.325 e. The van der Waals surface area contributed by atoms with E-state index in [1.165, 1.54) is 17.0 Å². The lowest BCUT2D eigenvalue weighted by atomic mass is 9.94. The van der Waals surface area contributed by atoms with Crippen molar-refractivity contribution in [3.63, 3.8) is 0 Å². The summed E-state index contributed by atoms with van der Waals surface area (Å²) in [5.41, 5.74) is -0.875. The number of carbonyl (C=O) groups is 1. The van der Waals surface area contributed by atoms with Gasteiger partial charge in [0.2, 0.25) is 0 Å². The van der Waals surface area contributed by atoms with E-state index in [9.17, 15) is 26.4 Å². The van der Waals surface area contributed by atoms with Crippen molar-refractivity contribution < 1.29 is 26.4 Å². The van der Waals surface area contributed by atoms with Gasteiger partial charge in [-0.15, -0.1) is 0 Å². The predicted octanol–water partition coefficient (Wildman–Crippen LogP) is 6.10. The van der Waals surface area contributed by atoms with Crippen LogP contribution in [0.4, 0.5) is 18.9 Å². The molecular formula is C23H18Cl2F3N3O3S. The zero-order valence-electron chi connectivity index (χ0n) is 18.3. The Bertz CT molecular complexity index is 1430. The number of nitrogens with zero attached hydrogens (tertiary/aromatic N) is 2. The number of alkyl halides is 3.